The van der Waals surface area contributed by atoms with Crippen molar-refractivity contribution in [1.82, 2.24) is 0 Å². The Morgan fingerprint density at radius 2 is 0.385 bits per heavy atom. The lowest BCUT2D eigenvalue weighted by Gasteiger charge is -2.22. The van der Waals surface area contributed by atoms with Crippen LogP contribution in [-0.2, 0) is 0 Å². The largest absolute Gasteiger partial charge is 0.0683 e. The maximum Gasteiger partial charge on any atom is -0.00990 e. The van der Waals surface area contributed by atoms with Gasteiger partial charge < -0.3 is 0 Å². The van der Waals surface area contributed by atoms with Crippen molar-refractivity contribution < 1.29 is 0 Å². The van der Waals surface area contributed by atoms with Crippen LogP contribution in [0.25, 0.3) is 44.5 Å². The van der Waals surface area contributed by atoms with Crippen molar-refractivity contribution in [3.8, 4) is 44.5 Å². The van der Waals surface area contributed by atoms with E-state index in [0.717, 1.165) is 0 Å². The van der Waals surface area contributed by atoms with Crippen LogP contribution in [0.1, 0.15) is 13.8 Å². The highest BCUT2D eigenvalue weighted by Crippen LogP contribution is 2.46. The monoisotopic (exact) mass is 334 g/mol. The van der Waals surface area contributed by atoms with Gasteiger partial charge in [0.2, 0.25) is 0 Å². The Balaban J connectivity index is 0.000000118. The number of benzene rings is 4. The second-order valence-corrected chi connectivity index (χ2v) is 6.18. The first-order chi connectivity index (χ1) is 12.9. The van der Waals surface area contributed by atoms with Gasteiger partial charge in [-0.15, -0.1) is 0 Å². The van der Waals surface area contributed by atoms with E-state index in [1.165, 1.54) is 44.5 Å². The number of fused-ring (bicyclic) bond motifs is 8. The molecular formula is C26H22. The van der Waals surface area contributed by atoms with E-state index >= 15 is 0 Å². The minimum absolute atomic E-state index is 1.40. The molecule has 2 aliphatic rings. The Hall–Kier alpha value is -3.12. The van der Waals surface area contributed by atoms with Gasteiger partial charge in [0.1, 0.15) is 0 Å². The van der Waals surface area contributed by atoms with E-state index in [2.05, 4.69) is 97.1 Å². The molecule has 6 rings (SSSR count). The normalized spacial score (nSPS) is 10.7. The summed E-state index contributed by atoms with van der Waals surface area (Å²) in [6.07, 6.45) is 0. The van der Waals surface area contributed by atoms with E-state index in [4.69, 9.17) is 0 Å². The van der Waals surface area contributed by atoms with Crippen molar-refractivity contribution >= 4 is 0 Å². The molecule has 0 aliphatic heterocycles. The highest BCUT2D eigenvalue weighted by Gasteiger charge is 2.20. The van der Waals surface area contributed by atoms with E-state index in [1.807, 2.05) is 13.8 Å². The summed E-state index contributed by atoms with van der Waals surface area (Å²) in [5.41, 5.74) is 11.2. The summed E-state index contributed by atoms with van der Waals surface area (Å²) in [7, 11) is 0. The molecule has 0 nitrogen and oxygen atoms in total. The van der Waals surface area contributed by atoms with Crippen LogP contribution in [0.4, 0.5) is 0 Å². The van der Waals surface area contributed by atoms with Crippen molar-refractivity contribution in [2.24, 2.45) is 0 Å². The topological polar surface area (TPSA) is 0 Å². The Bertz CT molecular complexity index is 769. The quantitative estimate of drug-likeness (QED) is 0.267. The van der Waals surface area contributed by atoms with Crippen LogP contribution in [0, 0.1) is 0 Å². The minimum atomic E-state index is 1.40. The molecule has 0 atom stereocenters. The summed E-state index contributed by atoms with van der Waals surface area (Å²) in [5, 5.41) is 0. The lowest BCUT2D eigenvalue weighted by molar-refractivity contribution is 1.50. The van der Waals surface area contributed by atoms with Crippen molar-refractivity contribution in [1.29, 1.82) is 0 Å². The van der Waals surface area contributed by atoms with Crippen LogP contribution in [-0.4, -0.2) is 0 Å². The smallest absolute Gasteiger partial charge is 0.00990 e. The van der Waals surface area contributed by atoms with Crippen LogP contribution in [0.2, 0.25) is 0 Å². The van der Waals surface area contributed by atoms with Crippen LogP contribution in [0.15, 0.2) is 97.1 Å². The molecule has 0 saturated heterocycles. The fourth-order valence-corrected chi connectivity index (χ4v) is 3.69. The van der Waals surface area contributed by atoms with Crippen LogP contribution in [0.5, 0.6) is 0 Å². The van der Waals surface area contributed by atoms with E-state index in [0.29, 0.717) is 0 Å². The van der Waals surface area contributed by atoms with Gasteiger partial charge >= 0.3 is 0 Å². The third-order valence-electron chi connectivity index (χ3n) is 4.87. The molecule has 0 radical (unpaired) electrons. The zero-order valence-corrected chi connectivity index (χ0v) is 15.2. The molecule has 0 aromatic heterocycles. The van der Waals surface area contributed by atoms with Crippen LogP contribution >= 0.6 is 0 Å². The first-order valence-corrected chi connectivity index (χ1v) is 9.31. The fourth-order valence-electron chi connectivity index (χ4n) is 3.69. The Morgan fingerprint density at radius 1 is 0.269 bits per heavy atom. The molecule has 0 heterocycles. The van der Waals surface area contributed by atoms with Crippen molar-refractivity contribution in [3.63, 3.8) is 0 Å². The van der Waals surface area contributed by atoms with Gasteiger partial charge in [-0.2, -0.15) is 0 Å². The maximum absolute atomic E-state index is 2.18. The molecule has 4 aromatic rings. The Kier molecular flexibility index (Phi) is 4.41. The zero-order chi connectivity index (χ0) is 17.9. The Labute approximate surface area is 155 Å². The molecule has 126 valence electrons. The van der Waals surface area contributed by atoms with E-state index in [-0.39, 0.29) is 0 Å². The average molecular weight is 334 g/mol. The second-order valence-electron chi connectivity index (χ2n) is 6.18. The van der Waals surface area contributed by atoms with E-state index in [9.17, 15) is 0 Å². The molecule has 0 amide bonds. The van der Waals surface area contributed by atoms with Crippen molar-refractivity contribution in [3.05, 3.63) is 97.1 Å². The zero-order valence-electron chi connectivity index (χ0n) is 15.2. The van der Waals surface area contributed by atoms with E-state index in [1.54, 1.807) is 0 Å². The maximum atomic E-state index is 2.18. The molecule has 0 N–H and O–H groups in total. The van der Waals surface area contributed by atoms with Gasteiger partial charge in [-0.3, -0.25) is 0 Å². The number of hydrogen-bond acceptors (Lipinski definition) is 0. The third-order valence-corrected chi connectivity index (χ3v) is 4.87. The third kappa shape index (κ3) is 2.55. The second kappa shape index (κ2) is 7.01. The summed E-state index contributed by atoms with van der Waals surface area (Å²) in [6, 6.07) is 34.2. The molecule has 0 heteroatoms. The Morgan fingerprint density at radius 3 is 0.500 bits per heavy atom. The lowest BCUT2D eigenvalue weighted by atomic mass is 9.81. The number of hydrogen-bond donors (Lipinski definition) is 0. The van der Waals surface area contributed by atoms with Gasteiger partial charge in [0.15, 0.2) is 0 Å². The fraction of sp³-hybridized carbons (Fsp3) is 0.0769. The molecule has 0 saturated carbocycles. The van der Waals surface area contributed by atoms with Crippen LogP contribution in [0.3, 0.4) is 0 Å². The van der Waals surface area contributed by atoms with Gasteiger partial charge in [0.05, 0.1) is 0 Å². The lowest BCUT2D eigenvalue weighted by Crippen LogP contribution is -1.96. The summed E-state index contributed by atoms with van der Waals surface area (Å²) in [4.78, 5) is 0. The van der Waals surface area contributed by atoms with Crippen LogP contribution < -0.4 is 0 Å². The summed E-state index contributed by atoms with van der Waals surface area (Å²) >= 11 is 0. The standard InChI is InChI=1S/2C12H8.C2H6/c2*1-2-6-10-9(5-1)11-7-3-4-8-12(10)11;1-2/h2*1-8H;1-2H3. The van der Waals surface area contributed by atoms with Gasteiger partial charge in [-0.05, 0) is 44.5 Å². The first kappa shape index (κ1) is 16.4. The highest BCUT2D eigenvalue weighted by molar-refractivity contribution is 6.02. The summed E-state index contributed by atoms with van der Waals surface area (Å²) in [5.74, 6) is 0. The molecular weight excluding hydrogens is 312 g/mol. The predicted octanol–water partition coefficient (Wildman–Crippen LogP) is 7.69. The molecule has 0 fully saturated rings. The molecule has 0 bridgehead atoms. The van der Waals surface area contributed by atoms with Gasteiger partial charge in [-0.1, -0.05) is 111 Å². The van der Waals surface area contributed by atoms with Crippen molar-refractivity contribution in [2.45, 2.75) is 13.8 Å². The predicted molar refractivity (Wildman–Crippen MR) is 113 cm³/mol. The molecule has 0 unspecified atom stereocenters. The molecule has 2 aliphatic carbocycles. The van der Waals surface area contributed by atoms with E-state index < -0.39 is 0 Å². The molecule has 0 spiro atoms. The first-order valence-electron chi connectivity index (χ1n) is 9.31. The summed E-state index contributed by atoms with van der Waals surface area (Å²) < 4.78 is 0. The molecule has 26 heavy (non-hydrogen) atoms. The molecule has 4 aromatic carbocycles. The SMILES string of the molecule is CC.c1ccc2c(c1)-c1ccccc1-2.c1ccc2c(c1)-c1ccccc1-2. The number of rotatable bonds is 0. The van der Waals surface area contributed by atoms with Gasteiger partial charge in [-0.25, -0.2) is 0 Å². The van der Waals surface area contributed by atoms with Gasteiger partial charge in [0, 0.05) is 0 Å². The van der Waals surface area contributed by atoms with Gasteiger partial charge in [0.25, 0.3) is 0 Å². The average Bonchev–Trinajstić information content (AvgIpc) is 2.72. The summed E-state index contributed by atoms with van der Waals surface area (Å²) in [6.45, 7) is 4.00. The highest BCUT2D eigenvalue weighted by atomic mass is 14.2. The minimum Gasteiger partial charge on any atom is -0.0683 e. The van der Waals surface area contributed by atoms with Crippen molar-refractivity contribution in [2.75, 3.05) is 0 Å².